The summed E-state index contributed by atoms with van der Waals surface area (Å²) in [6.07, 6.45) is 1.40. The molecule has 0 bridgehead atoms. The predicted octanol–water partition coefficient (Wildman–Crippen LogP) is 0.0438. The normalized spacial score (nSPS) is 14.3. The lowest BCUT2D eigenvalue weighted by atomic mass is 10.3. The number of ether oxygens (including phenoxy) is 1. The van der Waals surface area contributed by atoms with E-state index in [-0.39, 0.29) is 23.9 Å². The van der Waals surface area contributed by atoms with Gasteiger partial charge in [-0.15, -0.1) is 0 Å². The Bertz CT molecular complexity index is 382. The van der Waals surface area contributed by atoms with Gasteiger partial charge in [-0.25, -0.2) is 4.79 Å². The van der Waals surface area contributed by atoms with E-state index >= 15 is 0 Å². The summed E-state index contributed by atoms with van der Waals surface area (Å²) in [6.45, 7) is -0.0795. The fourth-order valence-corrected chi connectivity index (χ4v) is 1.13. The zero-order valence-electron chi connectivity index (χ0n) is 6.46. The molecule has 0 aliphatic carbocycles. The van der Waals surface area contributed by atoms with E-state index in [0.717, 1.165) is 0 Å². The van der Waals surface area contributed by atoms with Gasteiger partial charge in [0.2, 0.25) is 0 Å². The van der Waals surface area contributed by atoms with Crippen molar-refractivity contribution in [2.45, 2.75) is 0 Å². The van der Waals surface area contributed by atoms with Crippen LogP contribution in [0.1, 0.15) is 10.5 Å². The summed E-state index contributed by atoms with van der Waals surface area (Å²) in [4.78, 5) is 24.0. The first-order valence-corrected chi connectivity index (χ1v) is 3.56. The lowest BCUT2D eigenvalue weighted by molar-refractivity contribution is -0.118. The molecule has 1 amide bonds. The summed E-state index contributed by atoms with van der Waals surface area (Å²) in [5.74, 6) is -1.13. The van der Waals surface area contributed by atoms with Gasteiger partial charge in [0.05, 0.1) is 0 Å². The Morgan fingerprint density at radius 3 is 3.08 bits per heavy atom. The molecular formula is C7H6N2O4. The van der Waals surface area contributed by atoms with Gasteiger partial charge in [0.1, 0.15) is 5.69 Å². The minimum atomic E-state index is -1.13. The Balaban J connectivity index is 2.46. The molecule has 0 saturated carbocycles. The van der Waals surface area contributed by atoms with E-state index in [1.54, 1.807) is 0 Å². The molecule has 2 rings (SSSR count). The second-order valence-corrected chi connectivity index (χ2v) is 2.54. The van der Waals surface area contributed by atoms with Crippen LogP contribution in [-0.2, 0) is 4.79 Å². The number of aromatic nitrogens is 1. The van der Waals surface area contributed by atoms with Crippen LogP contribution in [-0.4, -0.2) is 28.6 Å². The van der Waals surface area contributed by atoms with Crippen LogP contribution >= 0.6 is 0 Å². The first-order chi connectivity index (χ1) is 6.18. The quantitative estimate of drug-likeness (QED) is 0.572. The maximum atomic E-state index is 10.9. The summed E-state index contributed by atoms with van der Waals surface area (Å²) in [7, 11) is 0. The number of anilines is 1. The zero-order chi connectivity index (χ0) is 9.42. The van der Waals surface area contributed by atoms with E-state index in [0.29, 0.717) is 5.75 Å². The number of aromatic amines is 1. The number of amides is 1. The second kappa shape index (κ2) is 2.51. The largest absolute Gasteiger partial charge is 0.480 e. The SMILES string of the molecule is O=C1COc2c[nH]c(C(=O)O)c2N1. The number of H-pyrrole nitrogens is 1. The second-order valence-electron chi connectivity index (χ2n) is 2.54. The molecule has 1 aromatic rings. The minimum Gasteiger partial charge on any atom is -0.480 e. The van der Waals surface area contributed by atoms with Gasteiger partial charge in [0.25, 0.3) is 5.91 Å². The number of hydrogen-bond donors (Lipinski definition) is 3. The van der Waals surface area contributed by atoms with Gasteiger partial charge in [0.15, 0.2) is 18.1 Å². The van der Waals surface area contributed by atoms with Gasteiger partial charge in [-0.3, -0.25) is 4.79 Å². The smallest absolute Gasteiger partial charge is 0.354 e. The standard InChI is InChI=1S/C7H6N2O4/c10-4-2-13-3-1-8-6(7(11)12)5(3)9-4/h1,8H,2H2,(H,9,10)(H,11,12). The third-order valence-corrected chi connectivity index (χ3v) is 1.68. The molecule has 1 aliphatic heterocycles. The molecule has 68 valence electrons. The zero-order valence-corrected chi connectivity index (χ0v) is 6.46. The van der Waals surface area contributed by atoms with Crippen LogP contribution in [0.3, 0.4) is 0 Å². The van der Waals surface area contributed by atoms with E-state index in [1.807, 2.05) is 0 Å². The maximum Gasteiger partial charge on any atom is 0.354 e. The Hall–Kier alpha value is -1.98. The molecule has 6 heteroatoms. The molecular weight excluding hydrogens is 176 g/mol. The Morgan fingerprint density at radius 2 is 2.38 bits per heavy atom. The number of aromatic carboxylic acids is 1. The number of carboxylic acid groups (broad SMARTS) is 1. The van der Waals surface area contributed by atoms with Crippen molar-refractivity contribution in [2.24, 2.45) is 0 Å². The van der Waals surface area contributed by atoms with Gasteiger partial charge in [-0.1, -0.05) is 0 Å². The van der Waals surface area contributed by atoms with Gasteiger partial charge in [-0.2, -0.15) is 0 Å². The lowest BCUT2D eigenvalue weighted by Gasteiger charge is -2.13. The first-order valence-electron chi connectivity index (χ1n) is 3.56. The van der Waals surface area contributed by atoms with Gasteiger partial charge in [-0.05, 0) is 0 Å². The fraction of sp³-hybridized carbons (Fsp3) is 0.143. The molecule has 0 unspecified atom stereocenters. The highest BCUT2D eigenvalue weighted by atomic mass is 16.5. The molecule has 2 heterocycles. The highest BCUT2D eigenvalue weighted by Gasteiger charge is 2.23. The van der Waals surface area contributed by atoms with E-state index in [1.165, 1.54) is 6.20 Å². The summed E-state index contributed by atoms with van der Waals surface area (Å²) >= 11 is 0. The Morgan fingerprint density at radius 1 is 1.62 bits per heavy atom. The van der Waals surface area contributed by atoms with Crippen LogP contribution < -0.4 is 10.1 Å². The molecule has 3 N–H and O–H groups in total. The number of nitrogens with one attached hydrogen (secondary N) is 2. The molecule has 0 atom stereocenters. The molecule has 1 aromatic heterocycles. The van der Waals surface area contributed by atoms with Gasteiger partial charge < -0.3 is 20.1 Å². The number of fused-ring (bicyclic) bond motifs is 1. The van der Waals surface area contributed by atoms with Crippen LogP contribution in [0.5, 0.6) is 5.75 Å². The molecule has 0 radical (unpaired) electrons. The molecule has 6 nitrogen and oxygen atoms in total. The number of rotatable bonds is 1. The Kier molecular flexibility index (Phi) is 1.48. The first kappa shape index (κ1) is 7.66. The average molecular weight is 182 g/mol. The van der Waals surface area contributed by atoms with Crippen molar-refractivity contribution >= 4 is 17.6 Å². The number of carboxylic acids is 1. The van der Waals surface area contributed by atoms with Crippen molar-refractivity contribution in [3.63, 3.8) is 0 Å². The van der Waals surface area contributed by atoms with Crippen molar-refractivity contribution in [2.75, 3.05) is 11.9 Å². The molecule has 0 saturated heterocycles. The van der Waals surface area contributed by atoms with E-state index in [2.05, 4.69) is 10.3 Å². The highest BCUT2D eigenvalue weighted by molar-refractivity contribution is 6.03. The summed E-state index contributed by atoms with van der Waals surface area (Å²) in [6, 6.07) is 0. The lowest BCUT2D eigenvalue weighted by Crippen LogP contribution is -2.25. The predicted molar refractivity (Wildman–Crippen MR) is 41.9 cm³/mol. The van der Waals surface area contributed by atoms with Crippen LogP contribution in [0.4, 0.5) is 5.69 Å². The third kappa shape index (κ3) is 1.12. The molecule has 0 aromatic carbocycles. The summed E-state index contributed by atoms with van der Waals surface area (Å²) in [5.41, 5.74) is 0.131. The summed E-state index contributed by atoms with van der Waals surface area (Å²) < 4.78 is 4.96. The molecule has 0 fully saturated rings. The minimum absolute atomic E-state index is 0.0666. The van der Waals surface area contributed by atoms with E-state index in [4.69, 9.17) is 9.84 Å². The van der Waals surface area contributed by atoms with Gasteiger partial charge in [0, 0.05) is 6.20 Å². The van der Waals surface area contributed by atoms with Crippen LogP contribution in [0.25, 0.3) is 0 Å². The van der Waals surface area contributed by atoms with Gasteiger partial charge >= 0.3 is 5.97 Å². The molecule has 1 aliphatic rings. The number of carbonyl (C=O) groups is 2. The van der Waals surface area contributed by atoms with Crippen molar-refractivity contribution in [1.82, 2.24) is 4.98 Å². The highest BCUT2D eigenvalue weighted by Crippen LogP contribution is 2.30. The summed E-state index contributed by atoms with van der Waals surface area (Å²) in [5, 5.41) is 11.1. The van der Waals surface area contributed by atoms with E-state index in [9.17, 15) is 9.59 Å². The fourth-order valence-electron chi connectivity index (χ4n) is 1.13. The van der Waals surface area contributed by atoms with Crippen molar-refractivity contribution in [3.8, 4) is 5.75 Å². The maximum absolute atomic E-state index is 10.9. The number of carbonyl (C=O) groups excluding carboxylic acids is 1. The van der Waals surface area contributed by atoms with Crippen LogP contribution in [0, 0.1) is 0 Å². The topological polar surface area (TPSA) is 91.4 Å². The monoisotopic (exact) mass is 182 g/mol. The molecule has 0 spiro atoms. The van der Waals surface area contributed by atoms with E-state index < -0.39 is 5.97 Å². The molecule has 13 heavy (non-hydrogen) atoms. The van der Waals surface area contributed by atoms with Crippen molar-refractivity contribution in [3.05, 3.63) is 11.9 Å². The average Bonchev–Trinajstić information content (AvgIpc) is 2.46. The third-order valence-electron chi connectivity index (χ3n) is 1.68. The van der Waals surface area contributed by atoms with Crippen LogP contribution in [0.2, 0.25) is 0 Å². The number of hydrogen-bond acceptors (Lipinski definition) is 3. The van der Waals surface area contributed by atoms with Crippen molar-refractivity contribution < 1.29 is 19.4 Å². The Labute approximate surface area is 72.5 Å². The van der Waals surface area contributed by atoms with Crippen LogP contribution in [0.15, 0.2) is 6.20 Å². The van der Waals surface area contributed by atoms with Crippen molar-refractivity contribution in [1.29, 1.82) is 0 Å².